The van der Waals surface area contributed by atoms with Crippen molar-refractivity contribution in [3.63, 3.8) is 0 Å². The minimum atomic E-state index is -0.306. The first-order valence-electron chi connectivity index (χ1n) is 6.47. The molecule has 0 aromatic heterocycles. The predicted molar refractivity (Wildman–Crippen MR) is 77.6 cm³/mol. The van der Waals surface area contributed by atoms with Gasteiger partial charge in [-0.3, -0.25) is 0 Å². The Hall–Kier alpha value is -0.810. The van der Waals surface area contributed by atoms with Crippen molar-refractivity contribution in [1.29, 1.82) is 0 Å². The first-order valence-corrected chi connectivity index (χ1v) is 6.85. The van der Waals surface area contributed by atoms with E-state index < -0.39 is 0 Å². The zero-order valence-corrected chi connectivity index (χ0v) is 12.2. The Morgan fingerprint density at radius 1 is 1.53 bits per heavy atom. The molecule has 0 radical (unpaired) electrons. The van der Waals surface area contributed by atoms with Crippen LogP contribution >= 0.6 is 11.6 Å². The maximum atomic E-state index is 9.37. The van der Waals surface area contributed by atoms with Crippen molar-refractivity contribution in [1.82, 2.24) is 0 Å². The van der Waals surface area contributed by atoms with Gasteiger partial charge in [0.1, 0.15) is 0 Å². The Bertz CT molecular complexity index is 451. The summed E-state index contributed by atoms with van der Waals surface area (Å²) in [6.45, 7) is 5.92. The lowest BCUT2D eigenvalue weighted by atomic mass is 10.0. The molecule has 1 atom stereocenters. The van der Waals surface area contributed by atoms with Crippen molar-refractivity contribution >= 4 is 17.3 Å². The molecule has 1 saturated heterocycles. The van der Waals surface area contributed by atoms with E-state index in [0.29, 0.717) is 18.1 Å². The van der Waals surface area contributed by atoms with Gasteiger partial charge >= 0.3 is 0 Å². The van der Waals surface area contributed by atoms with E-state index in [4.69, 9.17) is 22.1 Å². The van der Waals surface area contributed by atoms with E-state index in [9.17, 15) is 5.11 Å². The molecule has 0 aliphatic carbocycles. The molecule has 1 aromatic rings. The maximum absolute atomic E-state index is 9.37. The molecule has 1 fully saturated rings. The van der Waals surface area contributed by atoms with Crippen molar-refractivity contribution in [3.8, 4) is 0 Å². The van der Waals surface area contributed by atoms with Gasteiger partial charge in [0.25, 0.3) is 0 Å². The number of aliphatic hydroxyl groups excluding tert-OH is 1. The highest BCUT2D eigenvalue weighted by atomic mass is 35.5. The van der Waals surface area contributed by atoms with E-state index in [1.165, 1.54) is 0 Å². The van der Waals surface area contributed by atoms with Gasteiger partial charge in [-0.05, 0) is 31.5 Å². The van der Waals surface area contributed by atoms with E-state index in [1.807, 2.05) is 32.0 Å². The van der Waals surface area contributed by atoms with Crippen molar-refractivity contribution in [2.24, 2.45) is 5.73 Å². The van der Waals surface area contributed by atoms with Crippen LogP contribution < -0.4 is 10.6 Å². The van der Waals surface area contributed by atoms with Gasteiger partial charge in [-0.25, -0.2) is 0 Å². The lowest BCUT2D eigenvalue weighted by molar-refractivity contribution is -0.101. The molecule has 0 bridgehead atoms. The molecule has 106 valence electrons. The summed E-state index contributed by atoms with van der Waals surface area (Å²) in [5.74, 6) is 0. The summed E-state index contributed by atoms with van der Waals surface area (Å²) in [6.07, 6.45) is -0.187. The van der Waals surface area contributed by atoms with Crippen LogP contribution in [0.3, 0.4) is 0 Å². The number of aliphatic hydroxyl groups is 1. The van der Waals surface area contributed by atoms with Gasteiger partial charge in [-0.15, -0.1) is 0 Å². The van der Waals surface area contributed by atoms with Gasteiger partial charge < -0.3 is 20.5 Å². The standard InChI is InChI=1S/C14H21ClN2O2/c1-14(2)9-17(7-12(8-18)19-14)13-5-11(15)4-3-10(13)6-16/h3-5,12,18H,6-9,16H2,1-2H3. The average Bonchev–Trinajstić information content (AvgIpc) is 2.36. The van der Waals surface area contributed by atoms with Crippen molar-refractivity contribution in [3.05, 3.63) is 28.8 Å². The molecule has 1 aromatic carbocycles. The number of nitrogens with zero attached hydrogens (tertiary/aromatic N) is 1. The Balaban J connectivity index is 2.32. The first-order chi connectivity index (χ1) is 8.95. The van der Waals surface area contributed by atoms with Gasteiger partial charge in [0.05, 0.1) is 18.3 Å². The van der Waals surface area contributed by atoms with Gasteiger partial charge in [0, 0.05) is 30.3 Å². The van der Waals surface area contributed by atoms with Crippen molar-refractivity contribution in [2.75, 3.05) is 24.6 Å². The second-order valence-electron chi connectivity index (χ2n) is 5.54. The molecular weight excluding hydrogens is 264 g/mol. The van der Waals surface area contributed by atoms with Crippen LogP contribution in [0.4, 0.5) is 5.69 Å². The Morgan fingerprint density at radius 3 is 2.89 bits per heavy atom. The molecule has 1 aliphatic rings. The van der Waals surface area contributed by atoms with Crippen LogP contribution in [-0.4, -0.2) is 36.5 Å². The number of ether oxygens (including phenoxy) is 1. The molecule has 5 heteroatoms. The summed E-state index contributed by atoms with van der Waals surface area (Å²) in [5.41, 5.74) is 7.57. The number of benzene rings is 1. The Morgan fingerprint density at radius 2 is 2.26 bits per heavy atom. The van der Waals surface area contributed by atoms with Gasteiger partial charge in [-0.2, -0.15) is 0 Å². The molecule has 1 aliphatic heterocycles. The molecule has 1 heterocycles. The zero-order chi connectivity index (χ0) is 14.0. The van der Waals surface area contributed by atoms with Crippen LogP contribution in [0.5, 0.6) is 0 Å². The fourth-order valence-corrected chi connectivity index (χ4v) is 2.74. The minimum absolute atomic E-state index is 0.0124. The average molecular weight is 285 g/mol. The predicted octanol–water partition coefficient (Wildman–Crippen LogP) is 1.77. The van der Waals surface area contributed by atoms with E-state index in [0.717, 1.165) is 17.8 Å². The van der Waals surface area contributed by atoms with E-state index in [1.54, 1.807) is 0 Å². The second-order valence-corrected chi connectivity index (χ2v) is 5.98. The topological polar surface area (TPSA) is 58.7 Å². The molecule has 0 amide bonds. The van der Waals surface area contributed by atoms with Crippen LogP contribution in [-0.2, 0) is 11.3 Å². The summed E-state index contributed by atoms with van der Waals surface area (Å²) in [7, 11) is 0. The monoisotopic (exact) mass is 284 g/mol. The summed E-state index contributed by atoms with van der Waals surface area (Å²) >= 11 is 6.09. The quantitative estimate of drug-likeness (QED) is 0.888. The van der Waals surface area contributed by atoms with Gasteiger partial charge in [-0.1, -0.05) is 17.7 Å². The third-order valence-electron chi connectivity index (χ3n) is 3.29. The number of morpholine rings is 1. The van der Waals surface area contributed by atoms with Crippen LogP contribution in [0, 0.1) is 0 Å². The summed E-state index contributed by atoms with van der Waals surface area (Å²) < 4.78 is 5.82. The van der Waals surface area contributed by atoms with Crippen LogP contribution in [0.15, 0.2) is 18.2 Å². The number of anilines is 1. The van der Waals surface area contributed by atoms with Crippen LogP contribution in [0.25, 0.3) is 0 Å². The molecule has 2 rings (SSSR count). The van der Waals surface area contributed by atoms with Crippen LogP contribution in [0.1, 0.15) is 19.4 Å². The largest absolute Gasteiger partial charge is 0.394 e. The maximum Gasteiger partial charge on any atom is 0.0988 e. The van der Waals surface area contributed by atoms with E-state index in [-0.39, 0.29) is 18.3 Å². The highest BCUT2D eigenvalue weighted by Crippen LogP contribution is 2.30. The third kappa shape index (κ3) is 3.39. The van der Waals surface area contributed by atoms with Crippen LogP contribution in [0.2, 0.25) is 5.02 Å². The minimum Gasteiger partial charge on any atom is -0.394 e. The Kier molecular flexibility index (Phi) is 4.36. The zero-order valence-electron chi connectivity index (χ0n) is 11.4. The second kappa shape index (κ2) is 5.67. The van der Waals surface area contributed by atoms with Gasteiger partial charge in [0.2, 0.25) is 0 Å². The fourth-order valence-electron chi connectivity index (χ4n) is 2.58. The fraction of sp³-hybridized carbons (Fsp3) is 0.571. The highest BCUT2D eigenvalue weighted by molar-refractivity contribution is 6.30. The normalized spacial score (nSPS) is 22.6. The molecule has 4 nitrogen and oxygen atoms in total. The Labute approximate surface area is 119 Å². The molecule has 3 N–H and O–H groups in total. The number of rotatable bonds is 3. The number of halogens is 1. The lowest BCUT2D eigenvalue weighted by Gasteiger charge is -2.44. The molecule has 0 spiro atoms. The van der Waals surface area contributed by atoms with E-state index in [2.05, 4.69) is 4.90 Å². The third-order valence-corrected chi connectivity index (χ3v) is 3.53. The summed E-state index contributed by atoms with van der Waals surface area (Å²) in [6, 6.07) is 5.73. The van der Waals surface area contributed by atoms with Crippen molar-refractivity contribution < 1.29 is 9.84 Å². The molecular formula is C14H21ClN2O2. The SMILES string of the molecule is CC1(C)CN(c2cc(Cl)ccc2CN)CC(CO)O1. The summed E-state index contributed by atoms with van der Waals surface area (Å²) in [4.78, 5) is 2.19. The van der Waals surface area contributed by atoms with Gasteiger partial charge in [0.15, 0.2) is 0 Å². The van der Waals surface area contributed by atoms with E-state index >= 15 is 0 Å². The first kappa shape index (κ1) is 14.6. The number of nitrogens with two attached hydrogens (primary N) is 1. The van der Waals surface area contributed by atoms with Crippen molar-refractivity contribution in [2.45, 2.75) is 32.1 Å². The molecule has 1 unspecified atom stereocenters. The molecule has 19 heavy (non-hydrogen) atoms. The number of hydrogen-bond donors (Lipinski definition) is 2. The summed E-state index contributed by atoms with van der Waals surface area (Å²) in [5, 5.41) is 10.1. The molecule has 0 saturated carbocycles. The lowest BCUT2D eigenvalue weighted by Crippen LogP contribution is -2.54. The smallest absolute Gasteiger partial charge is 0.0988 e. The highest BCUT2D eigenvalue weighted by Gasteiger charge is 2.33. The number of hydrogen-bond acceptors (Lipinski definition) is 4.